The first kappa shape index (κ1) is 14.8. The third kappa shape index (κ3) is 3.55. The summed E-state index contributed by atoms with van der Waals surface area (Å²) in [6.07, 6.45) is 0.451. The van der Waals surface area contributed by atoms with Crippen molar-refractivity contribution in [3.63, 3.8) is 0 Å². The SMILES string of the molecule is Cc1ccc(C(=O)Cc2ccc(N3CCOCC3)cc2)cc1. The first-order valence-corrected chi connectivity index (χ1v) is 7.74. The van der Waals surface area contributed by atoms with Gasteiger partial charge in [0.15, 0.2) is 5.78 Å². The van der Waals surface area contributed by atoms with E-state index >= 15 is 0 Å². The molecule has 0 spiro atoms. The maximum Gasteiger partial charge on any atom is 0.167 e. The number of aryl methyl sites for hydroxylation is 1. The molecule has 0 aliphatic carbocycles. The quantitative estimate of drug-likeness (QED) is 0.811. The lowest BCUT2D eigenvalue weighted by Gasteiger charge is -2.28. The summed E-state index contributed by atoms with van der Waals surface area (Å²) in [7, 11) is 0. The molecular formula is C19H21NO2. The number of carbonyl (C=O) groups excluding carboxylic acids is 1. The molecule has 0 atom stereocenters. The Morgan fingerprint density at radius 3 is 2.27 bits per heavy atom. The molecule has 0 amide bonds. The zero-order valence-corrected chi connectivity index (χ0v) is 12.9. The van der Waals surface area contributed by atoms with E-state index in [-0.39, 0.29) is 5.78 Å². The van der Waals surface area contributed by atoms with Gasteiger partial charge in [0.2, 0.25) is 0 Å². The van der Waals surface area contributed by atoms with Crippen LogP contribution in [0.2, 0.25) is 0 Å². The molecule has 1 fully saturated rings. The fourth-order valence-corrected chi connectivity index (χ4v) is 2.67. The molecule has 22 heavy (non-hydrogen) atoms. The highest BCUT2D eigenvalue weighted by Crippen LogP contribution is 2.18. The van der Waals surface area contributed by atoms with E-state index in [0.29, 0.717) is 6.42 Å². The van der Waals surface area contributed by atoms with Gasteiger partial charge < -0.3 is 9.64 Å². The molecule has 1 saturated heterocycles. The number of ketones is 1. The Kier molecular flexibility index (Phi) is 4.54. The Balaban J connectivity index is 1.65. The van der Waals surface area contributed by atoms with Crippen molar-refractivity contribution in [2.45, 2.75) is 13.3 Å². The van der Waals surface area contributed by atoms with Gasteiger partial charge in [-0.25, -0.2) is 0 Å². The monoisotopic (exact) mass is 295 g/mol. The topological polar surface area (TPSA) is 29.5 Å². The molecule has 2 aromatic rings. The fraction of sp³-hybridized carbons (Fsp3) is 0.316. The van der Waals surface area contributed by atoms with Gasteiger partial charge in [-0.3, -0.25) is 4.79 Å². The summed E-state index contributed by atoms with van der Waals surface area (Å²) in [5.41, 5.74) is 4.21. The van der Waals surface area contributed by atoms with Gasteiger partial charge in [-0.2, -0.15) is 0 Å². The molecule has 0 aromatic heterocycles. The third-order valence-corrected chi connectivity index (χ3v) is 4.05. The summed E-state index contributed by atoms with van der Waals surface area (Å²) in [6.45, 7) is 5.46. The average molecular weight is 295 g/mol. The van der Waals surface area contributed by atoms with Gasteiger partial charge in [0.1, 0.15) is 0 Å². The second kappa shape index (κ2) is 6.75. The van der Waals surface area contributed by atoms with E-state index in [9.17, 15) is 4.79 Å². The van der Waals surface area contributed by atoms with E-state index in [4.69, 9.17) is 4.74 Å². The minimum absolute atomic E-state index is 0.166. The van der Waals surface area contributed by atoms with Crippen LogP contribution >= 0.6 is 0 Å². The number of hydrogen-bond donors (Lipinski definition) is 0. The lowest BCUT2D eigenvalue weighted by molar-refractivity contribution is 0.0993. The van der Waals surface area contributed by atoms with Crippen LogP contribution in [-0.4, -0.2) is 32.1 Å². The number of carbonyl (C=O) groups is 1. The van der Waals surface area contributed by atoms with E-state index in [1.807, 2.05) is 31.2 Å². The van der Waals surface area contributed by atoms with Gasteiger partial charge in [-0.1, -0.05) is 42.0 Å². The Morgan fingerprint density at radius 1 is 1.00 bits per heavy atom. The molecule has 0 bridgehead atoms. The zero-order valence-electron chi connectivity index (χ0n) is 12.9. The molecule has 3 nitrogen and oxygen atoms in total. The molecule has 0 radical (unpaired) electrons. The lowest BCUT2D eigenvalue weighted by atomic mass is 10.0. The van der Waals surface area contributed by atoms with Gasteiger partial charge >= 0.3 is 0 Å². The van der Waals surface area contributed by atoms with E-state index < -0.39 is 0 Å². The second-order valence-corrected chi connectivity index (χ2v) is 5.73. The van der Waals surface area contributed by atoms with Crippen LogP contribution in [0.3, 0.4) is 0 Å². The van der Waals surface area contributed by atoms with Crippen molar-refractivity contribution in [2.24, 2.45) is 0 Å². The smallest absolute Gasteiger partial charge is 0.167 e. The summed E-state index contributed by atoms with van der Waals surface area (Å²) < 4.78 is 5.37. The molecular weight excluding hydrogens is 274 g/mol. The molecule has 0 N–H and O–H groups in total. The molecule has 0 saturated carbocycles. The van der Waals surface area contributed by atoms with Crippen LogP contribution < -0.4 is 4.90 Å². The maximum absolute atomic E-state index is 12.3. The average Bonchev–Trinajstić information content (AvgIpc) is 2.57. The Morgan fingerprint density at radius 2 is 1.64 bits per heavy atom. The van der Waals surface area contributed by atoms with Crippen molar-refractivity contribution in [1.82, 2.24) is 0 Å². The van der Waals surface area contributed by atoms with E-state index in [0.717, 1.165) is 37.4 Å². The van der Waals surface area contributed by atoms with Crippen molar-refractivity contribution < 1.29 is 9.53 Å². The van der Waals surface area contributed by atoms with Crippen LogP contribution in [0.25, 0.3) is 0 Å². The number of ether oxygens (including phenoxy) is 1. The number of anilines is 1. The molecule has 1 aliphatic rings. The predicted octanol–water partition coefficient (Wildman–Crippen LogP) is 3.26. The summed E-state index contributed by atoms with van der Waals surface area (Å²) in [4.78, 5) is 14.6. The Bertz CT molecular complexity index is 625. The van der Waals surface area contributed by atoms with Crippen molar-refractivity contribution in [3.05, 3.63) is 65.2 Å². The highest BCUT2D eigenvalue weighted by molar-refractivity contribution is 5.97. The molecule has 1 heterocycles. The summed E-state index contributed by atoms with van der Waals surface area (Å²) in [5.74, 6) is 0.166. The van der Waals surface area contributed by atoms with Crippen molar-refractivity contribution >= 4 is 11.5 Å². The first-order valence-electron chi connectivity index (χ1n) is 7.74. The van der Waals surface area contributed by atoms with Crippen LogP contribution in [0.5, 0.6) is 0 Å². The van der Waals surface area contributed by atoms with Crippen LogP contribution in [0.15, 0.2) is 48.5 Å². The highest BCUT2D eigenvalue weighted by Gasteiger charge is 2.11. The van der Waals surface area contributed by atoms with Crippen LogP contribution in [0.1, 0.15) is 21.5 Å². The fourth-order valence-electron chi connectivity index (χ4n) is 2.67. The van der Waals surface area contributed by atoms with Crippen LogP contribution in [0, 0.1) is 6.92 Å². The molecule has 3 rings (SSSR count). The standard InChI is InChI=1S/C19H21NO2/c1-15-2-6-17(7-3-15)19(21)14-16-4-8-18(9-5-16)20-10-12-22-13-11-20/h2-9H,10-14H2,1H3. The molecule has 1 aliphatic heterocycles. The van der Waals surface area contributed by atoms with Crippen molar-refractivity contribution in [2.75, 3.05) is 31.2 Å². The second-order valence-electron chi connectivity index (χ2n) is 5.73. The number of morpholine rings is 1. The largest absolute Gasteiger partial charge is 0.378 e. The lowest BCUT2D eigenvalue weighted by Crippen LogP contribution is -2.36. The van der Waals surface area contributed by atoms with Crippen LogP contribution in [-0.2, 0) is 11.2 Å². The van der Waals surface area contributed by atoms with Crippen molar-refractivity contribution in [3.8, 4) is 0 Å². The first-order chi connectivity index (χ1) is 10.7. The summed E-state index contributed by atoms with van der Waals surface area (Å²) in [6, 6.07) is 16.1. The number of rotatable bonds is 4. The van der Waals surface area contributed by atoms with E-state index in [1.165, 1.54) is 11.3 Å². The van der Waals surface area contributed by atoms with Gasteiger partial charge in [-0.05, 0) is 24.6 Å². The Labute approximate surface area is 131 Å². The number of nitrogens with zero attached hydrogens (tertiary/aromatic N) is 1. The predicted molar refractivity (Wildman–Crippen MR) is 88.7 cm³/mol. The summed E-state index contributed by atoms with van der Waals surface area (Å²) in [5, 5.41) is 0. The molecule has 3 heteroatoms. The third-order valence-electron chi connectivity index (χ3n) is 4.05. The molecule has 0 unspecified atom stereocenters. The minimum atomic E-state index is 0.166. The normalized spacial score (nSPS) is 14.9. The van der Waals surface area contributed by atoms with Gasteiger partial charge in [0.05, 0.1) is 13.2 Å². The molecule has 2 aromatic carbocycles. The van der Waals surface area contributed by atoms with E-state index in [2.05, 4.69) is 29.2 Å². The Hall–Kier alpha value is -2.13. The number of Topliss-reactive ketones (excluding diaryl/α,β-unsaturated/α-hetero) is 1. The number of hydrogen-bond acceptors (Lipinski definition) is 3. The molecule has 114 valence electrons. The van der Waals surface area contributed by atoms with E-state index in [1.54, 1.807) is 0 Å². The van der Waals surface area contributed by atoms with Gasteiger partial charge in [-0.15, -0.1) is 0 Å². The van der Waals surface area contributed by atoms with Crippen molar-refractivity contribution in [1.29, 1.82) is 0 Å². The number of benzene rings is 2. The van der Waals surface area contributed by atoms with Crippen LogP contribution in [0.4, 0.5) is 5.69 Å². The minimum Gasteiger partial charge on any atom is -0.378 e. The highest BCUT2D eigenvalue weighted by atomic mass is 16.5. The zero-order chi connectivity index (χ0) is 15.4. The van der Waals surface area contributed by atoms with Gasteiger partial charge in [0, 0.05) is 30.8 Å². The van der Waals surface area contributed by atoms with Gasteiger partial charge in [0.25, 0.3) is 0 Å². The maximum atomic E-state index is 12.3. The summed E-state index contributed by atoms with van der Waals surface area (Å²) >= 11 is 0.